The van der Waals surface area contributed by atoms with Crippen LogP contribution in [0.4, 0.5) is 0 Å². The number of fused-ring (bicyclic) bond motifs is 1. The molecule has 2 heterocycles. The Bertz CT molecular complexity index is 859. The molecule has 140 valence electrons. The van der Waals surface area contributed by atoms with Crippen LogP contribution in [-0.2, 0) is 11.2 Å². The second-order valence-corrected chi connectivity index (χ2v) is 6.82. The topological polar surface area (TPSA) is 71.8 Å². The number of hydrogen-bond donors (Lipinski definition) is 1. The van der Waals surface area contributed by atoms with Crippen molar-refractivity contribution in [3.05, 3.63) is 39.7 Å². The van der Waals surface area contributed by atoms with Gasteiger partial charge in [0.05, 0.1) is 7.11 Å². The minimum atomic E-state index is -0.372. The van der Waals surface area contributed by atoms with Gasteiger partial charge in [-0.2, -0.15) is 0 Å². The lowest BCUT2D eigenvalue weighted by Gasteiger charge is -2.32. The fourth-order valence-electron chi connectivity index (χ4n) is 3.62. The highest BCUT2D eigenvalue weighted by molar-refractivity contribution is 5.82. The summed E-state index contributed by atoms with van der Waals surface area (Å²) >= 11 is 0. The van der Waals surface area contributed by atoms with Crippen LogP contribution in [0.2, 0.25) is 0 Å². The van der Waals surface area contributed by atoms with Gasteiger partial charge in [-0.15, -0.1) is 0 Å². The van der Waals surface area contributed by atoms with Crippen molar-refractivity contribution >= 4 is 16.9 Å². The Balaban J connectivity index is 1.76. The highest BCUT2D eigenvalue weighted by Gasteiger charge is 2.23. The largest absolute Gasteiger partial charge is 0.497 e. The average molecular weight is 358 g/mol. The number of aryl methyl sites for hydroxylation is 1. The van der Waals surface area contributed by atoms with Crippen LogP contribution in [0.5, 0.6) is 5.75 Å². The number of benzene rings is 1. The summed E-state index contributed by atoms with van der Waals surface area (Å²) in [6.07, 6.45) is 2.83. The Kier molecular flexibility index (Phi) is 5.61. The van der Waals surface area contributed by atoms with E-state index in [2.05, 4.69) is 5.32 Å². The molecule has 0 saturated carbocycles. The molecule has 0 aliphatic carbocycles. The molecule has 0 radical (unpaired) electrons. The van der Waals surface area contributed by atoms with Crippen molar-refractivity contribution in [3.63, 3.8) is 0 Å². The lowest BCUT2D eigenvalue weighted by atomic mass is 10.0. The van der Waals surface area contributed by atoms with Gasteiger partial charge in [0, 0.05) is 42.6 Å². The van der Waals surface area contributed by atoms with Crippen molar-refractivity contribution in [2.24, 2.45) is 0 Å². The van der Waals surface area contributed by atoms with E-state index < -0.39 is 0 Å². The minimum absolute atomic E-state index is 0.0959. The molecule has 6 heteroatoms. The Labute approximate surface area is 153 Å². The van der Waals surface area contributed by atoms with E-state index >= 15 is 0 Å². The number of carbonyl (C=O) groups is 1. The van der Waals surface area contributed by atoms with Gasteiger partial charge in [-0.05, 0) is 50.9 Å². The number of likely N-dealkylation sites (tertiary alicyclic amines) is 1. The zero-order valence-corrected chi connectivity index (χ0v) is 15.6. The highest BCUT2D eigenvalue weighted by Crippen LogP contribution is 2.24. The lowest BCUT2D eigenvalue weighted by Crippen LogP contribution is -2.47. The molecule has 26 heavy (non-hydrogen) atoms. The van der Waals surface area contributed by atoms with Crippen LogP contribution in [0.15, 0.2) is 27.4 Å². The van der Waals surface area contributed by atoms with Gasteiger partial charge in [0.1, 0.15) is 11.3 Å². The summed E-state index contributed by atoms with van der Waals surface area (Å²) in [7, 11) is 3.50. The molecule has 1 aromatic carbocycles. The van der Waals surface area contributed by atoms with Gasteiger partial charge in [-0.25, -0.2) is 4.79 Å². The molecule has 2 aromatic rings. The summed E-state index contributed by atoms with van der Waals surface area (Å²) in [5.74, 6) is 0.741. The molecule has 0 spiro atoms. The van der Waals surface area contributed by atoms with Crippen molar-refractivity contribution in [2.75, 3.05) is 27.2 Å². The number of rotatable bonds is 5. The Morgan fingerprint density at radius 2 is 2.23 bits per heavy atom. The fraction of sp³-hybridized carbons (Fsp3) is 0.500. The maximum absolute atomic E-state index is 12.6. The first-order valence-electron chi connectivity index (χ1n) is 9.09. The van der Waals surface area contributed by atoms with E-state index in [9.17, 15) is 9.59 Å². The Morgan fingerprint density at radius 3 is 2.96 bits per heavy atom. The second-order valence-electron chi connectivity index (χ2n) is 6.82. The van der Waals surface area contributed by atoms with Gasteiger partial charge < -0.3 is 19.4 Å². The monoisotopic (exact) mass is 358 g/mol. The van der Waals surface area contributed by atoms with Crippen molar-refractivity contribution < 1.29 is 13.9 Å². The molecule has 1 saturated heterocycles. The minimum Gasteiger partial charge on any atom is -0.497 e. The predicted octanol–water partition coefficient (Wildman–Crippen LogP) is 2.25. The van der Waals surface area contributed by atoms with Crippen LogP contribution in [0, 0.1) is 6.92 Å². The van der Waals surface area contributed by atoms with Gasteiger partial charge in [0.15, 0.2) is 0 Å². The molecule has 1 amide bonds. The molecule has 1 unspecified atom stereocenters. The van der Waals surface area contributed by atoms with Gasteiger partial charge in [-0.3, -0.25) is 4.79 Å². The normalized spacial score (nSPS) is 17.5. The fourth-order valence-corrected chi connectivity index (χ4v) is 3.62. The summed E-state index contributed by atoms with van der Waals surface area (Å²) < 4.78 is 10.6. The Hall–Kier alpha value is -2.34. The molecule has 1 atom stereocenters. The summed E-state index contributed by atoms with van der Waals surface area (Å²) in [4.78, 5) is 26.8. The number of nitrogens with one attached hydrogen (secondary N) is 1. The zero-order chi connectivity index (χ0) is 18.7. The van der Waals surface area contributed by atoms with Crippen LogP contribution >= 0.6 is 0 Å². The summed E-state index contributed by atoms with van der Waals surface area (Å²) in [5, 5.41) is 4.12. The first kappa shape index (κ1) is 18.5. The highest BCUT2D eigenvalue weighted by atomic mass is 16.5. The number of amides is 1. The first-order chi connectivity index (χ1) is 12.5. The molecule has 6 nitrogen and oxygen atoms in total. The van der Waals surface area contributed by atoms with Crippen LogP contribution in [-0.4, -0.2) is 44.1 Å². The number of ether oxygens (including phenoxy) is 1. The van der Waals surface area contributed by atoms with Crippen molar-refractivity contribution in [1.82, 2.24) is 10.2 Å². The van der Waals surface area contributed by atoms with Crippen LogP contribution in [0.1, 0.15) is 30.4 Å². The van der Waals surface area contributed by atoms with Crippen molar-refractivity contribution in [3.8, 4) is 5.75 Å². The van der Waals surface area contributed by atoms with Crippen LogP contribution in [0.3, 0.4) is 0 Å². The quantitative estimate of drug-likeness (QED) is 0.830. The molecule has 1 aliphatic heterocycles. The van der Waals surface area contributed by atoms with E-state index in [1.54, 1.807) is 13.2 Å². The average Bonchev–Trinajstić information content (AvgIpc) is 2.67. The standard InChI is InChI=1S/C20H26N2O4/c1-13-16-7-6-15(25-3)11-18(16)26-20(24)17(13)8-9-19(23)22-10-4-5-14(12-22)21-2/h6-7,11,14,21H,4-5,8-10,12H2,1-3H3. The molecular formula is C20H26N2O4. The smallest absolute Gasteiger partial charge is 0.339 e. The van der Waals surface area contributed by atoms with Gasteiger partial charge in [-0.1, -0.05) is 0 Å². The van der Waals surface area contributed by atoms with Crippen LogP contribution in [0.25, 0.3) is 11.0 Å². The van der Waals surface area contributed by atoms with E-state index in [0.717, 1.165) is 36.9 Å². The van der Waals surface area contributed by atoms with Crippen molar-refractivity contribution in [1.29, 1.82) is 0 Å². The summed E-state index contributed by atoms with van der Waals surface area (Å²) in [6, 6.07) is 5.80. The number of methoxy groups -OCH3 is 1. The lowest BCUT2D eigenvalue weighted by molar-refractivity contribution is -0.132. The molecule has 1 aromatic heterocycles. The van der Waals surface area contributed by atoms with E-state index in [-0.39, 0.29) is 11.5 Å². The van der Waals surface area contributed by atoms with Crippen LogP contribution < -0.4 is 15.7 Å². The molecular weight excluding hydrogens is 332 g/mol. The maximum Gasteiger partial charge on any atom is 0.339 e. The first-order valence-corrected chi connectivity index (χ1v) is 9.09. The summed E-state index contributed by atoms with van der Waals surface area (Å²) in [6.45, 7) is 3.44. The van der Waals surface area contributed by atoms with E-state index in [1.165, 1.54) is 0 Å². The number of nitrogens with zero attached hydrogens (tertiary/aromatic N) is 1. The predicted molar refractivity (Wildman–Crippen MR) is 101 cm³/mol. The molecule has 3 rings (SSSR count). The number of likely N-dealkylation sites (N-methyl/N-ethyl adjacent to an activating group) is 1. The van der Waals surface area contributed by atoms with E-state index in [4.69, 9.17) is 9.15 Å². The number of carbonyl (C=O) groups excluding carboxylic acids is 1. The van der Waals surface area contributed by atoms with Gasteiger partial charge >= 0.3 is 5.63 Å². The third kappa shape index (κ3) is 3.75. The van der Waals surface area contributed by atoms with Gasteiger partial charge in [0.25, 0.3) is 0 Å². The summed E-state index contributed by atoms with van der Waals surface area (Å²) in [5.41, 5.74) is 1.59. The molecule has 1 N–H and O–H groups in total. The number of hydrogen-bond acceptors (Lipinski definition) is 5. The van der Waals surface area contributed by atoms with Gasteiger partial charge in [0.2, 0.25) is 5.91 Å². The van der Waals surface area contributed by atoms with E-state index in [1.807, 2.05) is 31.0 Å². The third-order valence-electron chi connectivity index (χ3n) is 5.27. The molecule has 0 bridgehead atoms. The molecule has 1 fully saturated rings. The third-order valence-corrected chi connectivity index (χ3v) is 5.27. The SMILES string of the molecule is CNC1CCCN(C(=O)CCc2c(C)c3ccc(OC)cc3oc2=O)C1. The second kappa shape index (κ2) is 7.91. The van der Waals surface area contributed by atoms with E-state index in [0.29, 0.717) is 35.8 Å². The molecule has 1 aliphatic rings. The zero-order valence-electron chi connectivity index (χ0n) is 15.6. The Morgan fingerprint density at radius 1 is 1.42 bits per heavy atom. The number of piperidine rings is 1. The van der Waals surface area contributed by atoms with Crippen molar-refractivity contribution in [2.45, 2.75) is 38.6 Å². The maximum atomic E-state index is 12.6.